The van der Waals surface area contributed by atoms with E-state index in [9.17, 15) is 4.79 Å². The summed E-state index contributed by atoms with van der Waals surface area (Å²) in [6.45, 7) is 3.51. The van der Waals surface area contributed by atoms with Crippen molar-refractivity contribution in [3.63, 3.8) is 0 Å². The molecule has 0 aromatic carbocycles. The van der Waals surface area contributed by atoms with Crippen LogP contribution >= 0.6 is 0 Å². The van der Waals surface area contributed by atoms with Crippen molar-refractivity contribution in [2.24, 2.45) is 11.7 Å². The highest BCUT2D eigenvalue weighted by atomic mass is 16.5. The smallest absolute Gasteiger partial charge is 0.293 e. The molecule has 1 aliphatic heterocycles. The fourth-order valence-corrected chi connectivity index (χ4v) is 3.05. The maximum Gasteiger partial charge on any atom is 0.293 e. The highest BCUT2D eigenvalue weighted by Gasteiger charge is 2.52. The van der Waals surface area contributed by atoms with Crippen LogP contribution in [0.15, 0.2) is 17.2 Å². The Bertz CT molecular complexity index is 516. The number of hydrogen-bond acceptors (Lipinski definition) is 5. The first kappa shape index (κ1) is 12.6. The van der Waals surface area contributed by atoms with E-state index in [1.165, 1.54) is 0 Å². The molecule has 3 N–H and O–H groups in total. The zero-order chi connectivity index (χ0) is 13.4. The summed E-state index contributed by atoms with van der Waals surface area (Å²) in [4.78, 5) is 16.3. The van der Waals surface area contributed by atoms with Gasteiger partial charge in [-0.3, -0.25) is 4.79 Å². The average Bonchev–Trinajstić information content (AvgIpc) is 2.84. The second kappa shape index (κ2) is 4.94. The average molecular weight is 264 g/mol. The van der Waals surface area contributed by atoms with E-state index in [1.807, 2.05) is 6.92 Å². The molecule has 3 rings (SSSR count). The summed E-state index contributed by atoms with van der Waals surface area (Å²) in [5.41, 5.74) is 6.04. The van der Waals surface area contributed by atoms with Gasteiger partial charge >= 0.3 is 0 Å². The lowest BCUT2D eigenvalue weighted by molar-refractivity contribution is 0.00517. The number of anilines is 1. The Labute approximate surface area is 112 Å². The lowest BCUT2D eigenvalue weighted by Crippen LogP contribution is -2.65. The van der Waals surface area contributed by atoms with Gasteiger partial charge in [0.25, 0.3) is 5.56 Å². The highest BCUT2D eigenvalue weighted by Crippen LogP contribution is 2.38. The van der Waals surface area contributed by atoms with E-state index in [-0.39, 0.29) is 23.7 Å². The first-order valence-electron chi connectivity index (χ1n) is 6.91. The van der Waals surface area contributed by atoms with Crippen LogP contribution in [0.5, 0.6) is 0 Å². The molecule has 19 heavy (non-hydrogen) atoms. The van der Waals surface area contributed by atoms with Crippen molar-refractivity contribution < 1.29 is 4.74 Å². The Morgan fingerprint density at radius 1 is 1.63 bits per heavy atom. The SMILES string of the molecule is CCCn1ccnc(NC2C(N)C3CCOC32)c1=O. The molecule has 6 nitrogen and oxygen atoms in total. The minimum atomic E-state index is -0.0852. The van der Waals surface area contributed by atoms with E-state index in [2.05, 4.69) is 10.3 Å². The summed E-state index contributed by atoms with van der Waals surface area (Å²) in [6, 6.07) is 0.0544. The predicted octanol–water partition coefficient (Wildman–Crippen LogP) is 0.180. The normalized spacial score (nSPS) is 32.7. The Balaban J connectivity index is 1.77. The van der Waals surface area contributed by atoms with Crippen molar-refractivity contribution >= 4 is 5.82 Å². The number of nitrogens with one attached hydrogen (secondary N) is 1. The third-order valence-corrected chi connectivity index (χ3v) is 4.13. The van der Waals surface area contributed by atoms with Crippen LogP contribution in [0.25, 0.3) is 0 Å². The van der Waals surface area contributed by atoms with Crippen LogP contribution in [0, 0.1) is 5.92 Å². The number of nitrogens with zero attached hydrogens (tertiary/aromatic N) is 2. The molecular formula is C13H20N4O2. The van der Waals surface area contributed by atoms with E-state index in [0.717, 1.165) is 19.4 Å². The van der Waals surface area contributed by atoms with Gasteiger partial charge in [-0.05, 0) is 12.8 Å². The monoisotopic (exact) mass is 264 g/mol. The number of ether oxygens (including phenoxy) is 1. The number of rotatable bonds is 4. The molecule has 0 bridgehead atoms. The standard InChI is InChI=1S/C13H20N4O2/c1-2-5-17-6-4-15-12(13(17)18)16-10-9(14)8-3-7-19-11(8)10/h4,6,8-11H,2-3,5,7,14H2,1H3,(H,15,16). The number of aryl methyl sites for hydroxylation is 1. The van der Waals surface area contributed by atoms with Gasteiger partial charge in [0.15, 0.2) is 5.82 Å². The van der Waals surface area contributed by atoms with Gasteiger partial charge in [-0.25, -0.2) is 4.98 Å². The third-order valence-electron chi connectivity index (χ3n) is 4.13. The molecule has 1 aromatic rings. The number of nitrogens with two attached hydrogens (primary N) is 1. The van der Waals surface area contributed by atoms with Crippen molar-refractivity contribution in [1.29, 1.82) is 0 Å². The predicted molar refractivity (Wildman–Crippen MR) is 72.0 cm³/mol. The van der Waals surface area contributed by atoms with E-state index in [1.54, 1.807) is 17.0 Å². The van der Waals surface area contributed by atoms with Gasteiger partial charge in [0.1, 0.15) is 0 Å². The first-order chi connectivity index (χ1) is 9.22. The van der Waals surface area contributed by atoms with E-state index < -0.39 is 0 Å². The number of aromatic nitrogens is 2. The topological polar surface area (TPSA) is 82.2 Å². The minimum absolute atomic E-state index is 0.00479. The van der Waals surface area contributed by atoms with Crippen LogP contribution in [0.3, 0.4) is 0 Å². The summed E-state index contributed by atoms with van der Waals surface area (Å²) < 4.78 is 7.32. The molecule has 1 aromatic heterocycles. The summed E-state index contributed by atoms with van der Waals surface area (Å²) in [5, 5.41) is 3.17. The van der Waals surface area contributed by atoms with E-state index >= 15 is 0 Å². The molecule has 2 fully saturated rings. The summed E-state index contributed by atoms with van der Waals surface area (Å²) in [6.07, 6.45) is 5.44. The van der Waals surface area contributed by atoms with Crippen LogP contribution in [-0.2, 0) is 11.3 Å². The summed E-state index contributed by atoms with van der Waals surface area (Å²) >= 11 is 0. The maximum atomic E-state index is 12.2. The van der Waals surface area contributed by atoms with Crippen molar-refractivity contribution in [1.82, 2.24) is 9.55 Å². The fraction of sp³-hybridized carbons (Fsp3) is 0.692. The molecule has 4 unspecified atom stereocenters. The molecule has 104 valence electrons. The van der Waals surface area contributed by atoms with E-state index in [0.29, 0.717) is 18.3 Å². The quantitative estimate of drug-likeness (QED) is 0.810. The second-order valence-electron chi connectivity index (χ2n) is 5.31. The van der Waals surface area contributed by atoms with Gasteiger partial charge in [0, 0.05) is 37.5 Å². The highest BCUT2D eigenvalue weighted by molar-refractivity contribution is 5.36. The van der Waals surface area contributed by atoms with Gasteiger partial charge in [0.05, 0.1) is 12.1 Å². The van der Waals surface area contributed by atoms with Crippen LogP contribution < -0.4 is 16.6 Å². The van der Waals surface area contributed by atoms with Crippen molar-refractivity contribution in [3.05, 3.63) is 22.7 Å². The molecule has 6 heteroatoms. The van der Waals surface area contributed by atoms with Gasteiger partial charge in [0.2, 0.25) is 0 Å². The summed E-state index contributed by atoms with van der Waals surface area (Å²) in [7, 11) is 0. The van der Waals surface area contributed by atoms with E-state index in [4.69, 9.17) is 10.5 Å². The Morgan fingerprint density at radius 2 is 2.47 bits per heavy atom. The van der Waals surface area contributed by atoms with Gasteiger partial charge in [-0.2, -0.15) is 0 Å². The number of hydrogen-bond donors (Lipinski definition) is 2. The molecular weight excluding hydrogens is 244 g/mol. The molecule has 2 heterocycles. The molecule has 0 amide bonds. The first-order valence-corrected chi connectivity index (χ1v) is 6.91. The van der Waals surface area contributed by atoms with Gasteiger partial charge in [-0.1, -0.05) is 6.92 Å². The minimum Gasteiger partial charge on any atom is -0.376 e. The largest absolute Gasteiger partial charge is 0.376 e. The lowest BCUT2D eigenvalue weighted by atomic mass is 9.72. The molecule has 0 spiro atoms. The van der Waals surface area contributed by atoms with Crippen molar-refractivity contribution in [2.45, 2.75) is 44.5 Å². The molecule has 2 aliphatic rings. The Morgan fingerprint density at radius 3 is 3.26 bits per heavy atom. The van der Waals surface area contributed by atoms with Crippen LogP contribution in [0.1, 0.15) is 19.8 Å². The zero-order valence-electron chi connectivity index (χ0n) is 11.1. The second-order valence-corrected chi connectivity index (χ2v) is 5.31. The van der Waals surface area contributed by atoms with Crippen molar-refractivity contribution in [2.75, 3.05) is 11.9 Å². The van der Waals surface area contributed by atoms with Gasteiger partial charge in [-0.15, -0.1) is 0 Å². The molecule has 4 atom stereocenters. The molecule has 1 saturated carbocycles. The van der Waals surface area contributed by atoms with Crippen molar-refractivity contribution in [3.8, 4) is 0 Å². The number of fused-ring (bicyclic) bond motifs is 1. The Hall–Kier alpha value is -1.40. The van der Waals surface area contributed by atoms with Crippen LogP contribution in [-0.4, -0.2) is 34.3 Å². The maximum absolute atomic E-state index is 12.2. The third kappa shape index (κ3) is 2.04. The molecule has 1 saturated heterocycles. The Kier molecular flexibility index (Phi) is 3.28. The fourth-order valence-electron chi connectivity index (χ4n) is 3.05. The van der Waals surface area contributed by atoms with Gasteiger partial charge < -0.3 is 20.4 Å². The van der Waals surface area contributed by atoms with Crippen LogP contribution in [0.4, 0.5) is 5.82 Å². The van der Waals surface area contributed by atoms with Crippen LogP contribution in [0.2, 0.25) is 0 Å². The lowest BCUT2D eigenvalue weighted by Gasteiger charge is -2.45. The summed E-state index contributed by atoms with van der Waals surface area (Å²) in [5.74, 6) is 0.810. The zero-order valence-corrected chi connectivity index (χ0v) is 11.1. The molecule has 0 radical (unpaired) electrons. The molecule has 1 aliphatic carbocycles.